The molecular formula is C30H44N6O4. The van der Waals surface area contributed by atoms with Crippen molar-refractivity contribution in [2.45, 2.75) is 84.5 Å². The Morgan fingerprint density at radius 1 is 1.18 bits per heavy atom. The number of hydrogen-bond acceptors (Lipinski definition) is 6. The van der Waals surface area contributed by atoms with Crippen LogP contribution in [0.4, 0.5) is 0 Å². The Labute approximate surface area is 237 Å². The molecule has 40 heavy (non-hydrogen) atoms. The number of aromatic nitrogens is 2. The summed E-state index contributed by atoms with van der Waals surface area (Å²) in [4.78, 5) is 43.2. The summed E-state index contributed by atoms with van der Waals surface area (Å²) in [5.74, 6) is -0.581. The van der Waals surface area contributed by atoms with Crippen LogP contribution in [0.25, 0.3) is 5.69 Å². The molecule has 1 spiro atoms. The highest BCUT2D eigenvalue weighted by Crippen LogP contribution is 2.35. The Morgan fingerprint density at radius 2 is 1.82 bits per heavy atom. The van der Waals surface area contributed by atoms with E-state index in [2.05, 4.69) is 22.5 Å². The molecular weight excluding hydrogens is 508 g/mol. The van der Waals surface area contributed by atoms with Crippen molar-refractivity contribution in [1.29, 1.82) is 0 Å². The van der Waals surface area contributed by atoms with Gasteiger partial charge in [0.1, 0.15) is 11.6 Å². The summed E-state index contributed by atoms with van der Waals surface area (Å²) in [6.07, 6.45) is 1.91. The lowest BCUT2D eigenvalue weighted by atomic mass is 9.80. The van der Waals surface area contributed by atoms with Gasteiger partial charge in [-0.2, -0.15) is 5.10 Å². The molecule has 3 amide bonds. The van der Waals surface area contributed by atoms with Crippen molar-refractivity contribution < 1.29 is 19.5 Å². The van der Waals surface area contributed by atoms with Crippen LogP contribution in [0.2, 0.25) is 0 Å². The Morgan fingerprint density at radius 3 is 2.40 bits per heavy atom. The number of rotatable bonds is 9. The normalized spacial score (nSPS) is 20.2. The van der Waals surface area contributed by atoms with Gasteiger partial charge in [-0.25, -0.2) is 4.68 Å². The highest BCUT2D eigenvalue weighted by Gasteiger charge is 2.54. The Kier molecular flexibility index (Phi) is 8.99. The van der Waals surface area contributed by atoms with Crippen LogP contribution >= 0.6 is 0 Å². The number of benzene rings is 1. The van der Waals surface area contributed by atoms with Crippen LogP contribution in [-0.2, 0) is 16.1 Å². The van der Waals surface area contributed by atoms with Gasteiger partial charge in [-0.1, -0.05) is 27.2 Å². The van der Waals surface area contributed by atoms with E-state index in [0.717, 1.165) is 35.5 Å². The minimum absolute atomic E-state index is 0.128. The van der Waals surface area contributed by atoms with Gasteiger partial charge in [-0.05, 0) is 63.3 Å². The van der Waals surface area contributed by atoms with Crippen LogP contribution in [-0.4, -0.2) is 86.8 Å². The fourth-order valence-electron chi connectivity index (χ4n) is 5.95. The molecule has 2 fully saturated rings. The van der Waals surface area contributed by atoms with Gasteiger partial charge >= 0.3 is 0 Å². The average molecular weight is 553 g/mol. The number of amides is 3. The number of piperazine rings is 1. The summed E-state index contributed by atoms with van der Waals surface area (Å²) >= 11 is 0. The highest BCUT2D eigenvalue weighted by molar-refractivity contribution is 6.00. The lowest BCUT2D eigenvalue weighted by molar-refractivity contribution is -0.165. The minimum atomic E-state index is -0.916. The van der Waals surface area contributed by atoms with Gasteiger partial charge in [0.05, 0.1) is 17.5 Å². The molecule has 4 rings (SSSR count). The molecule has 10 nitrogen and oxygen atoms in total. The first-order valence-electron chi connectivity index (χ1n) is 14.4. The minimum Gasteiger partial charge on any atom is -0.390 e. The summed E-state index contributed by atoms with van der Waals surface area (Å²) < 4.78 is 1.91. The van der Waals surface area contributed by atoms with Crippen molar-refractivity contribution in [3.8, 4) is 5.69 Å². The number of carbonyl (C=O) groups is 3. The summed E-state index contributed by atoms with van der Waals surface area (Å²) in [6.45, 7) is 12.4. The van der Waals surface area contributed by atoms with Gasteiger partial charge in [0.15, 0.2) is 0 Å². The number of aryl methyl sites for hydroxylation is 1. The van der Waals surface area contributed by atoms with E-state index >= 15 is 0 Å². The molecule has 0 aliphatic carbocycles. The number of aliphatic hydroxyl groups is 1. The fraction of sp³-hybridized carbons (Fsp3) is 0.600. The standard InChI is InChI=1S/C30H44N6O4/c1-7-8-15-35-28(39)25(26(37)19(2)3)32-29(40)30(35)13-16-34(17-14-30)18-24-20(4)33-36(21(24)5)23-11-9-22(10-12-23)27(38)31-6/h9-12,19,25-26,37H,7-8,13-18H2,1-6H3,(H,31,38)(H,32,40). The van der Waals surface area contributed by atoms with Gasteiger partial charge < -0.3 is 20.6 Å². The molecule has 1 aromatic carbocycles. The number of aliphatic hydroxyl groups excluding tert-OH is 1. The number of hydrogen-bond donors (Lipinski definition) is 3. The Balaban J connectivity index is 1.49. The van der Waals surface area contributed by atoms with E-state index in [1.54, 1.807) is 24.1 Å². The topological polar surface area (TPSA) is 120 Å². The lowest BCUT2D eigenvalue weighted by Crippen LogP contribution is -2.74. The molecule has 0 radical (unpaired) electrons. The van der Waals surface area contributed by atoms with Crippen molar-refractivity contribution in [2.24, 2.45) is 5.92 Å². The van der Waals surface area contributed by atoms with Gasteiger partial charge in [-0.3, -0.25) is 19.3 Å². The maximum absolute atomic E-state index is 13.6. The van der Waals surface area contributed by atoms with Crippen molar-refractivity contribution in [3.05, 3.63) is 46.8 Å². The molecule has 0 bridgehead atoms. The van der Waals surface area contributed by atoms with E-state index < -0.39 is 17.7 Å². The van der Waals surface area contributed by atoms with Crippen LogP contribution in [0, 0.1) is 19.8 Å². The first kappa shape index (κ1) is 29.7. The van der Waals surface area contributed by atoms with E-state index in [0.29, 0.717) is 44.6 Å². The zero-order valence-corrected chi connectivity index (χ0v) is 24.7. The number of unbranched alkanes of at least 4 members (excludes halogenated alkanes) is 1. The van der Waals surface area contributed by atoms with Crippen LogP contribution in [0.1, 0.15) is 73.8 Å². The third-order valence-electron chi connectivity index (χ3n) is 8.63. The van der Waals surface area contributed by atoms with Crippen LogP contribution < -0.4 is 10.6 Å². The van der Waals surface area contributed by atoms with Gasteiger partial charge in [0, 0.05) is 50.0 Å². The molecule has 2 saturated heterocycles. The van der Waals surface area contributed by atoms with E-state index in [9.17, 15) is 19.5 Å². The predicted molar refractivity (Wildman–Crippen MR) is 153 cm³/mol. The Bertz CT molecular complexity index is 1230. The van der Waals surface area contributed by atoms with Crippen LogP contribution in [0.15, 0.2) is 24.3 Å². The fourth-order valence-corrected chi connectivity index (χ4v) is 5.95. The van der Waals surface area contributed by atoms with E-state index in [-0.39, 0.29) is 23.6 Å². The quantitative estimate of drug-likeness (QED) is 0.439. The number of likely N-dealkylation sites (tertiary alicyclic amines) is 1. The summed E-state index contributed by atoms with van der Waals surface area (Å²) in [7, 11) is 1.61. The molecule has 2 unspecified atom stereocenters. The second kappa shape index (κ2) is 12.1. The van der Waals surface area contributed by atoms with E-state index in [4.69, 9.17) is 5.10 Å². The molecule has 2 aliphatic heterocycles. The number of piperidine rings is 1. The van der Waals surface area contributed by atoms with E-state index in [1.165, 1.54) is 0 Å². The summed E-state index contributed by atoms with van der Waals surface area (Å²) in [6, 6.07) is 6.48. The maximum atomic E-state index is 13.6. The first-order valence-corrected chi connectivity index (χ1v) is 14.4. The largest absolute Gasteiger partial charge is 0.390 e. The third kappa shape index (κ3) is 5.51. The predicted octanol–water partition coefficient (Wildman–Crippen LogP) is 2.33. The second-order valence-electron chi connectivity index (χ2n) is 11.5. The average Bonchev–Trinajstić information content (AvgIpc) is 3.23. The van der Waals surface area contributed by atoms with Crippen LogP contribution in [0.3, 0.4) is 0 Å². The number of carbonyl (C=O) groups excluding carboxylic acids is 3. The molecule has 3 N–H and O–H groups in total. The SMILES string of the molecule is CCCCN1C(=O)C(C(O)C(C)C)NC(=O)C12CCN(Cc1c(C)nn(-c3ccc(C(=O)NC)cc3)c1C)CC2. The molecule has 10 heteroatoms. The maximum Gasteiger partial charge on any atom is 0.251 e. The summed E-state index contributed by atoms with van der Waals surface area (Å²) in [5.41, 5.74) is 3.72. The van der Waals surface area contributed by atoms with E-state index in [1.807, 2.05) is 44.5 Å². The zero-order chi connectivity index (χ0) is 29.2. The lowest BCUT2D eigenvalue weighted by Gasteiger charge is -2.52. The van der Waals surface area contributed by atoms with Crippen LogP contribution in [0.5, 0.6) is 0 Å². The zero-order valence-electron chi connectivity index (χ0n) is 24.7. The number of nitrogens with one attached hydrogen (secondary N) is 2. The number of nitrogens with zero attached hydrogens (tertiary/aromatic N) is 4. The van der Waals surface area contributed by atoms with Crippen molar-refractivity contribution in [3.63, 3.8) is 0 Å². The van der Waals surface area contributed by atoms with Crippen molar-refractivity contribution in [1.82, 2.24) is 30.2 Å². The van der Waals surface area contributed by atoms with Gasteiger partial charge in [-0.15, -0.1) is 0 Å². The Hall–Kier alpha value is -3.24. The molecule has 2 aliphatic rings. The molecule has 0 saturated carbocycles. The van der Waals surface area contributed by atoms with Gasteiger partial charge in [0.2, 0.25) is 11.8 Å². The van der Waals surface area contributed by atoms with Gasteiger partial charge in [0.25, 0.3) is 5.91 Å². The molecule has 218 valence electrons. The second-order valence-corrected chi connectivity index (χ2v) is 11.5. The molecule has 2 aromatic rings. The van der Waals surface area contributed by atoms with Crippen molar-refractivity contribution in [2.75, 3.05) is 26.7 Å². The molecule has 1 aromatic heterocycles. The first-order chi connectivity index (χ1) is 19.0. The third-order valence-corrected chi connectivity index (χ3v) is 8.63. The molecule has 3 heterocycles. The molecule has 2 atom stereocenters. The monoisotopic (exact) mass is 552 g/mol. The smallest absolute Gasteiger partial charge is 0.251 e. The highest BCUT2D eigenvalue weighted by atomic mass is 16.3. The summed E-state index contributed by atoms with van der Waals surface area (Å²) in [5, 5.41) is 21.0. The van der Waals surface area contributed by atoms with Crippen molar-refractivity contribution >= 4 is 17.7 Å².